The van der Waals surface area contributed by atoms with Gasteiger partial charge in [-0.25, -0.2) is 0 Å². The molecule has 2 rings (SSSR count). The summed E-state index contributed by atoms with van der Waals surface area (Å²) in [5.41, 5.74) is 3.93. The highest BCUT2D eigenvalue weighted by Gasteiger charge is 2.25. The van der Waals surface area contributed by atoms with Crippen molar-refractivity contribution in [3.8, 4) is 0 Å². The molecule has 3 N–H and O–H groups in total. The van der Waals surface area contributed by atoms with Crippen LogP contribution in [0.5, 0.6) is 0 Å². The van der Waals surface area contributed by atoms with Crippen molar-refractivity contribution in [1.29, 1.82) is 0 Å². The molecule has 94 valence electrons. The first-order valence-electron chi connectivity index (χ1n) is 6.13. The average Bonchev–Trinajstić information content (AvgIpc) is 2.36. The van der Waals surface area contributed by atoms with Crippen molar-refractivity contribution in [1.82, 2.24) is 5.43 Å². The number of nitrogens with one attached hydrogen (secondary N) is 1. The van der Waals surface area contributed by atoms with Crippen molar-refractivity contribution >= 4 is 23.2 Å². The zero-order valence-corrected chi connectivity index (χ0v) is 11.3. The molecule has 2 nitrogen and oxygen atoms in total. The maximum absolute atomic E-state index is 6.23. The second kappa shape index (κ2) is 6.05. The van der Waals surface area contributed by atoms with E-state index in [1.807, 2.05) is 18.2 Å². The fourth-order valence-electron chi connectivity index (χ4n) is 2.70. The highest BCUT2D eigenvalue weighted by Crippen LogP contribution is 2.37. The third-order valence-corrected chi connectivity index (χ3v) is 4.17. The Kier molecular flexibility index (Phi) is 4.69. The molecule has 0 aliphatic heterocycles. The van der Waals surface area contributed by atoms with Crippen LogP contribution in [0.15, 0.2) is 18.2 Å². The van der Waals surface area contributed by atoms with Gasteiger partial charge in [-0.1, -0.05) is 42.5 Å². The molecule has 17 heavy (non-hydrogen) atoms. The smallest absolute Gasteiger partial charge is 0.0503 e. The summed E-state index contributed by atoms with van der Waals surface area (Å²) in [6.07, 6.45) is 6.30. The fraction of sp³-hybridized carbons (Fsp3) is 0.538. The Morgan fingerprint density at radius 1 is 1.18 bits per heavy atom. The van der Waals surface area contributed by atoms with Gasteiger partial charge >= 0.3 is 0 Å². The molecule has 0 aromatic heterocycles. The van der Waals surface area contributed by atoms with Gasteiger partial charge in [-0.3, -0.25) is 11.3 Å². The molecule has 0 amide bonds. The van der Waals surface area contributed by atoms with Gasteiger partial charge in [0, 0.05) is 10.0 Å². The largest absolute Gasteiger partial charge is 0.271 e. The molecule has 1 aliphatic rings. The molecule has 0 heterocycles. The van der Waals surface area contributed by atoms with E-state index in [4.69, 9.17) is 29.0 Å². The van der Waals surface area contributed by atoms with Crippen LogP contribution in [0, 0.1) is 5.92 Å². The topological polar surface area (TPSA) is 38.0 Å². The predicted molar refractivity (Wildman–Crippen MR) is 73.1 cm³/mol. The normalized spacial score (nSPS) is 19.2. The summed E-state index contributed by atoms with van der Waals surface area (Å²) >= 11 is 12.3. The number of hydrazine groups is 1. The Labute approximate surface area is 112 Å². The maximum Gasteiger partial charge on any atom is 0.0503 e. The van der Waals surface area contributed by atoms with Crippen LogP contribution >= 0.6 is 23.2 Å². The van der Waals surface area contributed by atoms with E-state index in [9.17, 15) is 0 Å². The van der Waals surface area contributed by atoms with E-state index in [1.165, 1.54) is 32.1 Å². The molecule has 1 saturated carbocycles. The highest BCUT2D eigenvalue weighted by atomic mass is 35.5. The van der Waals surface area contributed by atoms with E-state index in [-0.39, 0.29) is 6.04 Å². The molecule has 4 heteroatoms. The minimum Gasteiger partial charge on any atom is -0.271 e. The summed E-state index contributed by atoms with van der Waals surface area (Å²) in [5, 5.41) is 1.45. The van der Waals surface area contributed by atoms with Gasteiger partial charge in [0.05, 0.1) is 6.04 Å². The summed E-state index contributed by atoms with van der Waals surface area (Å²) in [7, 11) is 0. The quantitative estimate of drug-likeness (QED) is 0.643. The van der Waals surface area contributed by atoms with E-state index in [1.54, 1.807) is 0 Å². The number of halogens is 2. The van der Waals surface area contributed by atoms with E-state index >= 15 is 0 Å². The first-order valence-corrected chi connectivity index (χ1v) is 6.89. The lowest BCUT2D eigenvalue weighted by Gasteiger charge is -2.30. The van der Waals surface area contributed by atoms with Gasteiger partial charge in [0.25, 0.3) is 0 Å². The van der Waals surface area contributed by atoms with Crippen molar-refractivity contribution in [2.24, 2.45) is 11.8 Å². The van der Waals surface area contributed by atoms with Crippen LogP contribution in [-0.2, 0) is 0 Å². The molecule has 1 aromatic rings. The highest BCUT2D eigenvalue weighted by molar-refractivity contribution is 6.33. The standard InChI is InChI=1S/C13H18Cl2N2/c14-10-6-7-12(15)11(8-10)13(17-16)9-4-2-1-3-5-9/h6-9,13,17H,1-5,16H2. The van der Waals surface area contributed by atoms with E-state index in [0.29, 0.717) is 10.9 Å². The van der Waals surface area contributed by atoms with Crippen LogP contribution in [0.1, 0.15) is 43.7 Å². The van der Waals surface area contributed by atoms with Crippen molar-refractivity contribution in [2.45, 2.75) is 38.1 Å². The molecule has 1 fully saturated rings. The lowest BCUT2D eigenvalue weighted by Crippen LogP contribution is -2.34. The maximum atomic E-state index is 6.23. The average molecular weight is 273 g/mol. The molecule has 1 unspecified atom stereocenters. The van der Waals surface area contributed by atoms with Gasteiger partial charge in [-0.15, -0.1) is 0 Å². The Balaban J connectivity index is 2.24. The molecular formula is C13H18Cl2N2. The van der Waals surface area contributed by atoms with Crippen LogP contribution < -0.4 is 11.3 Å². The lowest BCUT2D eigenvalue weighted by molar-refractivity contribution is 0.273. The first-order chi connectivity index (χ1) is 8.22. The molecule has 1 atom stereocenters. The minimum absolute atomic E-state index is 0.112. The second-order valence-electron chi connectivity index (χ2n) is 4.71. The SMILES string of the molecule is NNC(c1cc(Cl)ccc1Cl)C1CCCCC1. The molecule has 1 aromatic carbocycles. The third kappa shape index (κ3) is 3.14. The molecule has 1 aliphatic carbocycles. The lowest BCUT2D eigenvalue weighted by atomic mass is 9.81. The Hall–Kier alpha value is -0.280. The molecular weight excluding hydrogens is 255 g/mol. The molecule has 0 radical (unpaired) electrons. The summed E-state index contributed by atoms with van der Waals surface area (Å²) < 4.78 is 0. The van der Waals surface area contributed by atoms with Crippen molar-refractivity contribution in [3.05, 3.63) is 33.8 Å². The summed E-state index contributed by atoms with van der Waals surface area (Å²) in [6, 6.07) is 5.68. The zero-order chi connectivity index (χ0) is 12.3. The minimum atomic E-state index is 0.112. The molecule has 0 saturated heterocycles. The number of hydrogen-bond acceptors (Lipinski definition) is 2. The number of benzene rings is 1. The molecule has 0 bridgehead atoms. The van der Waals surface area contributed by atoms with E-state index in [0.717, 1.165) is 10.6 Å². The van der Waals surface area contributed by atoms with Crippen LogP contribution in [0.2, 0.25) is 10.0 Å². The number of hydrogen-bond donors (Lipinski definition) is 2. The Bertz CT molecular complexity index is 376. The monoisotopic (exact) mass is 272 g/mol. The Morgan fingerprint density at radius 3 is 2.53 bits per heavy atom. The summed E-state index contributed by atoms with van der Waals surface area (Å²) in [6.45, 7) is 0. The van der Waals surface area contributed by atoms with Crippen LogP contribution in [0.25, 0.3) is 0 Å². The van der Waals surface area contributed by atoms with Crippen LogP contribution in [-0.4, -0.2) is 0 Å². The summed E-state index contributed by atoms with van der Waals surface area (Å²) in [4.78, 5) is 0. The van der Waals surface area contributed by atoms with Crippen molar-refractivity contribution in [2.75, 3.05) is 0 Å². The van der Waals surface area contributed by atoms with Gasteiger partial charge in [0.2, 0.25) is 0 Å². The summed E-state index contributed by atoms with van der Waals surface area (Å²) in [5.74, 6) is 6.26. The molecule has 0 spiro atoms. The first kappa shape index (κ1) is 13.2. The predicted octanol–water partition coefficient (Wildman–Crippen LogP) is 4.08. The van der Waals surface area contributed by atoms with E-state index < -0.39 is 0 Å². The fourth-order valence-corrected chi connectivity index (χ4v) is 3.12. The zero-order valence-electron chi connectivity index (χ0n) is 9.76. The van der Waals surface area contributed by atoms with Crippen molar-refractivity contribution < 1.29 is 0 Å². The van der Waals surface area contributed by atoms with Gasteiger partial charge in [0.15, 0.2) is 0 Å². The van der Waals surface area contributed by atoms with E-state index in [2.05, 4.69) is 5.43 Å². The number of rotatable bonds is 3. The number of nitrogens with two attached hydrogens (primary N) is 1. The van der Waals surface area contributed by atoms with Gasteiger partial charge in [-0.2, -0.15) is 0 Å². The second-order valence-corrected chi connectivity index (χ2v) is 5.55. The van der Waals surface area contributed by atoms with Gasteiger partial charge < -0.3 is 0 Å². The third-order valence-electron chi connectivity index (χ3n) is 3.59. The van der Waals surface area contributed by atoms with Crippen molar-refractivity contribution in [3.63, 3.8) is 0 Å². The Morgan fingerprint density at radius 2 is 1.88 bits per heavy atom. The van der Waals surface area contributed by atoms with Gasteiger partial charge in [0.1, 0.15) is 0 Å². The van der Waals surface area contributed by atoms with Gasteiger partial charge in [-0.05, 0) is 42.5 Å². The van der Waals surface area contributed by atoms with Crippen LogP contribution in [0.3, 0.4) is 0 Å². The van der Waals surface area contributed by atoms with Crippen LogP contribution in [0.4, 0.5) is 0 Å².